The van der Waals surface area contributed by atoms with Crippen molar-refractivity contribution in [2.75, 3.05) is 0 Å². The summed E-state index contributed by atoms with van der Waals surface area (Å²) >= 11 is 0. The third-order valence-electron chi connectivity index (χ3n) is 11.6. The molecule has 11 rings (SSSR count). The van der Waals surface area contributed by atoms with Gasteiger partial charge in [-0.2, -0.15) is 0 Å². The molecular formula is C49H33NO. The van der Waals surface area contributed by atoms with Gasteiger partial charge in [0.15, 0.2) is 0 Å². The predicted octanol–water partition coefficient (Wildman–Crippen LogP) is 12.9. The van der Waals surface area contributed by atoms with Gasteiger partial charge in [0, 0.05) is 44.4 Å². The van der Waals surface area contributed by atoms with Crippen LogP contribution >= 0.6 is 0 Å². The zero-order chi connectivity index (χ0) is 34.0. The van der Waals surface area contributed by atoms with Gasteiger partial charge in [-0.1, -0.05) is 129 Å². The van der Waals surface area contributed by atoms with Crippen molar-refractivity contribution in [2.45, 2.75) is 32.1 Å². The lowest BCUT2D eigenvalue weighted by atomic mass is 9.76. The fourth-order valence-corrected chi connectivity index (χ4v) is 9.41. The van der Waals surface area contributed by atoms with E-state index in [1.165, 1.54) is 66.2 Å². The van der Waals surface area contributed by atoms with Gasteiger partial charge in [-0.3, -0.25) is 0 Å². The van der Waals surface area contributed by atoms with Gasteiger partial charge < -0.3 is 4.42 Å². The molecule has 0 saturated carbocycles. The van der Waals surface area contributed by atoms with E-state index in [2.05, 4.69) is 166 Å². The van der Waals surface area contributed by atoms with Crippen LogP contribution < -0.4 is 0 Å². The first-order valence-electron chi connectivity index (χ1n) is 17.8. The molecule has 2 aliphatic carbocycles. The Balaban J connectivity index is 1.21. The summed E-state index contributed by atoms with van der Waals surface area (Å²) in [6.45, 7) is 6.90. The minimum absolute atomic E-state index is 0.0867. The summed E-state index contributed by atoms with van der Waals surface area (Å²) in [4.78, 5) is 5.64. The summed E-state index contributed by atoms with van der Waals surface area (Å²) in [5, 5.41) is 4.77. The average Bonchev–Trinajstić information content (AvgIpc) is 3.73. The summed E-state index contributed by atoms with van der Waals surface area (Å²) in [5.41, 5.74) is 22.4. The van der Waals surface area contributed by atoms with Crippen molar-refractivity contribution in [3.63, 3.8) is 0 Å². The molecule has 0 N–H and O–H groups in total. The van der Waals surface area contributed by atoms with Gasteiger partial charge in [-0.05, 0) is 86.5 Å². The number of furan rings is 1. The maximum absolute atomic E-state index is 6.69. The molecule has 1 unspecified atom stereocenters. The second-order valence-electron chi connectivity index (χ2n) is 14.8. The molecule has 8 aromatic rings. The first-order valence-corrected chi connectivity index (χ1v) is 17.8. The molecule has 0 radical (unpaired) electrons. The standard InChI is InChI=1S/C49H33NO/c1-28-25-40(48(50-42-22-11-9-14-30(28)42)36-20-12-19-35-33-17-8-10-21-41(33)49(2,3)47(35)36)45-34-18-7-6-16-32(34)37-26-39-44(27-38(37)45)51-43-24-23-29-13-4-5-15-31(29)46(39)43/h4-24,26-27,45H,1-3H3. The van der Waals surface area contributed by atoms with E-state index in [-0.39, 0.29) is 11.3 Å². The molecule has 1 aliphatic heterocycles. The zero-order valence-corrected chi connectivity index (χ0v) is 28.7. The van der Waals surface area contributed by atoms with Gasteiger partial charge in [0.25, 0.3) is 0 Å². The molecule has 0 spiro atoms. The largest absolute Gasteiger partial charge is 0.456 e. The fraction of sp³-hybridized carbons (Fsp3) is 0.102. The maximum Gasteiger partial charge on any atom is 0.136 e. The Labute approximate surface area is 296 Å². The number of fused-ring (bicyclic) bond motifs is 12. The lowest BCUT2D eigenvalue weighted by molar-refractivity contribution is 0.659. The van der Waals surface area contributed by atoms with E-state index in [9.17, 15) is 0 Å². The molecular weight excluding hydrogens is 619 g/mol. The quantitative estimate of drug-likeness (QED) is 0.171. The SMILES string of the molecule is CC1=C=C(C2c3ccccc3-c3cc4c(cc32)oc2ccc3ccccc3c24)C(c2cccc3c2C(C)(C)c2ccccc2-3)=Nc2ccccc21. The van der Waals surface area contributed by atoms with E-state index >= 15 is 0 Å². The van der Waals surface area contributed by atoms with E-state index < -0.39 is 0 Å². The maximum atomic E-state index is 6.69. The van der Waals surface area contributed by atoms with Crippen molar-refractivity contribution in [1.82, 2.24) is 0 Å². The van der Waals surface area contributed by atoms with Gasteiger partial charge in [-0.15, -0.1) is 5.73 Å². The molecule has 2 heterocycles. The Morgan fingerprint density at radius 1 is 0.588 bits per heavy atom. The van der Waals surface area contributed by atoms with Crippen LogP contribution in [0.4, 0.5) is 5.69 Å². The van der Waals surface area contributed by atoms with Gasteiger partial charge in [0.1, 0.15) is 11.2 Å². The molecule has 51 heavy (non-hydrogen) atoms. The third-order valence-corrected chi connectivity index (χ3v) is 11.6. The van der Waals surface area contributed by atoms with Gasteiger partial charge in [0.05, 0.1) is 11.4 Å². The number of nitrogens with zero attached hydrogens (tertiary/aromatic N) is 1. The van der Waals surface area contributed by atoms with Crippen LogP contribution in [0.2, 0.25) is 0 Å². The number of hydrogen-bond acceptors (Lipinski definition) is 2. The summed E-state index contributed by atoms with van der Waals surface area (Å²) in [5.74, 6) is -0.0867. The number of aliphatic imine (C=N–C) groups is 1. The topological polar surface area (TPSA) is 25.5 Å². The van der Waals surface area contributed by atoms with E-state index in [0.717, 1.165) is 44.7 Å². The van der Waals surface area contributed by atoms with Crippen molar-refractivity contribution in [2.24, 2.45) is 4.99 Å². The van der Waals surface area contributed by atoms with Crippen LogP contribution in [0.15, 0.2) is 160 Å². The second kappa shape index (κ2) is 10.2. The lowest BCUT2D eigenvalue weighted by Crippen LogP contribution is -2.21. The number of benzene rings is 7. The van der Waals surface area contributed by atoms with E-state index in [0.29, 0.717) is 0 Å². The molecule has 240 valence electrons. The van der Waals surface area contributed by atoms with Crippen LogP contribution in [0.3, 0.4) is 0 Å². The number of rotatable bonds is 2. The molecule has 2 heteroatoms. The van der Waals surface area contributed by atoms with E-state index in [1.807, 2.05) is 0 Å². The first-order chi connectivity index (χ1) is 25.0. The molecule has 7 aromatic carbocycles. The van der Waals surface area contributed by atoms with E-state index in [1.54, 1.807) is 0 Å². The van der Waals surface area contributed by atoms with Crippen molar-refractivity contribution in [3.8, 4) is 22.3 Å². The summed E-state index contributed by atoms with van der Waals surface area (Å²) in [6, 6.07) is 50.6. The van der Waals surface area contributed by atoms with E-state index in [4.69, 9.17) is 9.41 Å². The fourth-order valence-electron chi connectivity index (χ4n) is 9.41. The zero-order valence-electron chi connectivity index (χ0n) is 28.7. The molecule has 2 nitrogen and oxygen atoms in total. The van der Waals surface area contributed by atoms with Crippen LogP contribution in [0.25, 0.3) is 60.5 Å². The summed E-state index contributed by atoms with van der Waals surface area (Å²) < 4.78 is 6.69. The molecule has 0 amide bonds. The summed E-state index contributed by atoms with van der Waals surface area (Å²) in [6.07, 6.45) is 0. The van der Waals surface area contributed by atoms with Crippen LogP contribution in [0.1, 0.15) is 60.1 Å². The molecule has 3 aliphatic rings. The van der Waals surface area contributed by atoms with Crippen molar-refractivity contribution in [1.29, 1.82) is 0 Å². The minimum atomic E-state index is -0.199. The highest BCUT2D eigenvalue weighted by Crippen LogP contribution is 2.54. The van der Waals surface area contributed by atoms with Gasteiger partial charge in [-0.25, -0.2) is 4.99 Å². The molecule has 0 saturated heterocycles. The smallest absolute Gasteiger partial charge is 0.136 e. The molecule has 1 atom stereocenters. The Morgan fingerprint density at radius 3 is 2.22 bits per heavy atom. The second-order valence-corrected chi connectivity index (χ2v) is 14.8. The first kappa shape index (κ1) is 28.6. The van der Waals surface area contributed by atoms with Crippen LogP contribution in [-0.2, 0) is 5.41 Å². The Kier molecular flexibility index (Phi) is 5.71. The van der Waals surface area contributed by atoms with Crippen LogP contribution in [-0.4, -0.2) is 5.71 Å². The summed E-state index contributed by atoms with van der Waals surface area (Å²) in [7, 11) is 0. The normalized spacial score (nSPS) is 16.5. The lowest BCUT2D eigenvalue weighted by Gasteiger charge is -2.26. The number of hydrogen-bond donors (Lipinski definition) is 0. The van der Waals surface area contributed by atoms with Crippen LogP contribution in [0.5, 0.6) is 0 Å². The third kappa shape index (κ3) is 3.86. The Hall–Kier alpha value is -6.21. The van der Waals surface area contributed by atoms with Gasteiger partial charge in [0.2, 0.25) is 0 Å². The highest BCUT2D eigenvalue weighted by atomic mass is 16.3. The Bertz CT molecular complexity index is 2940. The number of para-hydroxylation sites is 1. The predicted molar refractivity (Wildman–Crippen MR) is 211 cm³/mol. The van der Waals surface area contributed by atoms with Crippen molar-refractivity contribution >= 4 is 49.7 Å². The Morgan fingerprint density at radius 2 is 1.31 bits per heavy atom. The van der Waals surface area contributed by atoms with Crippen molar-refractivity contribution < 1.29 is 4.42 Å². The van der Waals surface area contributed by atoms with Gasteiger partial charge >= 0.3 is 0 Å². The minimum Gasteiger partial charge on any atom is -0.456 e. The molecule has 1 aromatic heterocycles. The molecule has 0 fully saturated rings. The monoisotopic (exact) mass is 651 g/mol. The highest BCUT2D eigenvalue weighted by Gasteiger charge is 2.41. The molecule has 0 bridgehead atoms. The average molecular weight is 652 g/mol. The number of allylic oxidation sites excluding steroid dienone is 1. The van der Waals surface area contributed by atoms with Crippen molar-refractivity contribution in [3.05, 3.63) is 184 Å². The van der Waals surface area contributed by atoms with Crippen LogP contribution in [0, 0.1) is 0 Å². The highest BCUT2D eigenvalue weighted by molar-refractivity contribution is 6.21.